The van der Waals surface area contributed by atoms with E-state index in [1.807, 2.05) is 42.6 Å². The lowest BCUT2D eigenvalue weighted by atomic mass is 10.1. The number of aromatic nitrogens is 2. The highest BCUT2D eigenvalue weighted by molar-refractivity contribution is 7.13. The number of nitrogens with one attached hydrogen (secondary N) is 1. The summed E-state index contributed by atoms with van der Waals surface area (Å²) in [4.78, 5) is 17.3. The number of benzene rings is 1. The minimum absolute atomic E-state index is 0.0957. The zero-order valence-electron chi connectivity index (χ0n) is 12.1. The van der Waals surface area contributed by atoms with Crippen molar-refractivity contribution < 1.29 is 9.32 Å². The molecule has 0 spiro atoms. The van der Waals surface area contributed by atoms with E-state index >= 15 is 0 Å². The van der Waals surface area contributed by atoms with Crippen LogP contribution in [-0.2, 0) is 6.42 Å². The molecule has 3 aromatic rings. The fraction of sp³-hybridized carbons (Fsp3) is 0.188. The van der Waals surface area contributed by atoms with Crippen LogP contribution in [0.15, 0.2) is 46.3 Å². The Balaban J connectivity index is 1.54. The van der Waals surface area contributed by atoms with Crippen LogP contribution >= 0.6 is 11.3 Å². The summed E-state index contributed by atoms with van der Waals surface area (Å²) in [5, 5.41) is 8.76. The van der Waals surface area contributed by atoms with Gasteiger partial charge >= 0.3 is 0 Å². The van der Waals surface area contributed by atoms with Crippen molar-refractivity contribution in [1.82, 2.24) is 15.5 Å². The van der Waals surface area contributed by atoms with Crippen molar-refractivity contribution in [1.29, 1.82) is 0 Å². The highest BCUT2D eigenvalue weighted by atomic mass is 32.1. The average Bonchev–Trinajstić information content (AvgIpc) is 3.18. The van der Waals surface area contributed by atoms with E-state index in [1.54, 1.807) is 17.4 Å². The van der Waals surface area contributed by atoms with E-state index in [9.17, 15) is 4.79 Å². The minimum Gasteiger partial charge on any atom is -0.352 e. The Kier molecular flexibility index (Phi) is 4.29. The normalized spacial score (nSPS) is 10.6. The van der Waals surface area contributed by atoms with Crippen LogP contribution in [0.5, 0.6) is 0 Å². The van der Waals surface area contributed by atoms with Crippen LogP contribution in [0.4, 0.5) is 0 Å². The fourth-order valence-corrected chi connectivity index (χ4v) is 2.68. The Labute approximate surface area is 132 Å². The first-order valence-corrected chi connectivity index (χ1v) is 7.81. The summed E-state index contributed by atoms with van der Waals surface area (Å²) >= 11 is 1.56. The van der Waals surface area contributed by atoms with Gasteiger partial charge in [-0.1, -0.05) is 28.9 Å². The summed E-state index contributed by atoms with van der Waals surface area (Å²) in [6, 6.07) is 11.4. The van der Waals surface area contributed by atoms with Gasteiger partial charge in [0, 0.05) is 18.5 Å². The van der Waals surface area contributed by atoms with Crippen molar-refractivity contribution in [2.24, 2.45) is 0 Å². The van der Waals surface area contributed by atoms with Crippen molar-refractivity contribution >= 4 is 17.2 Å². The van der Waals surface area contributed by atoms with Crippen molar-refractivity contribution in [3.63, 3.8) is 0 Å². The SMILES string of the molecule is Cc1cccc(C(=O)NCCc2nc(-c3cccs3)no2)c1. The lowest BCUT2D eigenvalue weighted by Gasteiger charge is -2.04. The van der Waals surface area contributed by atoms with Gasteiger partial charge in [0.15, 0.2) is 0 Å². The van der Waals surface area contributed by atoms with E-state index in [4.69, 9.17) is 4.52 Å². The molecule has 0 aliphatic rings. The topological polar surface area (TPSA) is 68.0 Å². The summed E-state index contributed by atoms with van der Waals surface area (Å²) in [6.07, 6.45) is 0.510. The van der Waals surface area contributed by atoms with E-state index in [0.29, 0.717) is 30.2 Å². The Morgan fingerprint density at radius 1 is 1.32 bits per heavy atom. The molecule has 5 nitrogen and oxygen atoms in total. The van der Waals surface area contributed by atoms with E-state index in [0.717, 1.165) is 10.4 Å². The Morgan fingerprint density at radius 2 is 2.23 bits per heavy atom. The molecule has 0 saturated heterocycles. The number of amides is 1. The van der Waals surface area contributed by atoms with E-state index in [1.165, 1.54) is 0 Å². The molecule has 0 radical (unpaired) electrons. The van der Waals surface area contributed by atoms with Crippen LogP contribution in [0.1, 0.15) is 21.8 Å². The van der Waals surface area contributed by atoms with Gasteiger partial charge in [0.1, 0.15) is 0 Å². The molecule has 6 heteroatoms. The van der Waals surface area contributed by atoms with Crippen LogP contribution in [-0.4, -0.2) is 22.6 Å². The monoisotopic (exact) mass is 313 g/mol. The number of carbonyl (C=O) groups excluding carboxylic acids is 1. The summed E-state index contributed by atoms with van der Waals surface area (Å²) in [7, 11) is 0. The van der Waals surface area contributed by atoms with Crippen LogP contribution in [0, 0.1) is 6.92 Å². The third-order valence-electron chi connectivity index (χ3n) is 3.11. The molecule has 2 aromatic heterocycles. The van der Waals surface area contributed by atoms with Gasteiger partial charge in [0.2, 0.25) is 11.7 Å². The quantitative estimate of drug-likeness (QED) is 0.786. The lowest BCUT2D eigenvalue weighted by Crippen LogP contribution is -2.25. The molecule has 0 saturated carbocycles. The largest absolute Gasteiger partial charge is 0.352 e. The van der Waals surface area contributed by atoms with Gasteiger partial charge < -0.3 is 9.84 Å². The first-order chi connectivity index (χ1) is 10.7. The number of thiophene rings is 1. The summed E-state index contributed by atoms with van der Waals surface area (Å²) in [5.74, 6) is 1.02. The van der Waals surface area contributed by atoms with Gasteiger partial charge in [-0.05, 0) is 30.5 Å². The Hall–Kier alpha value is -2.47. The van der Waals surface area contributed by atoms with E-state index in [-0.39, 0.29) is 5.91 Å². The number of hydrogen-bond acceptors (Lipinski definition) is 5. The third-order valence-corrected chi connectivity index (χ3v) is 3.98. The number of nitrogens with zero attached hydrogens (tertiary/aromatic N) is 2. The van der Waals surface area contributed by atoms with Gasteiger partial charge in [-0.3, -0.25) is 4.79 Å². The predicted octanol–water partition coefficient (Wildman–Crippen LogP) is 3.08. The maximum atomic E-state index is 12.0. The summed E-state index contributed by atoms with van der Waals surface area (Å²) < 4.78 is 5.19. The molecule has 22 heavy (non-hydrogen) atoms. The number of aryl methyl sites for hydroxylation is 1. The average molecular weight is 313 g/mol. The molecule has 0 bridgehead atoms. The van der Waals surface area contributed by atoms with E-state index < -0.39 is 0 Å². The molecule has 1 aromatic carbocycles. The zero-order chi connectivity index (χ0) is 15.4. The number of hydrogen-bond donors (Lipinski definition) is 1. The van der Waals surface area contributed by atoms with Crippen molar-refractivity contribution in [2.45, 2.75) is 13.3 Å². The smallest absolute Gasteiger partial charge is 0.251 e. The van der Waals surface area contributed by atoms with Crippen LogP contribution < -0.4 is 5.32 Å². The Morgan fingerprint density at radius 3 is 3.00 bits per heavy atom. The molecular weight excluding hydrogens is 298 g/mol. The second-order valence-electron chi connectivity index (χ2n) is 4.86. The molecule has 112 valence electrons. The van der Waals surface area contributed by atoms with Gasteiger partial charge in [-0.25, -0.2) is 0 Å². The predicted molar refractivity (Wildman–Crippen MR) is 84.8 cm³/mol. The van der Waals surface area contributed by atoms with Gasteiger partial charge in [-0.2, -0.15) is 4.98 Å². The zero-order valence-corrected chi connectivity index (χ0v) is 12.9. The summed E-state index contributed by atoms with van der Waals surface area (Å²) in [5.41, 5.74) is 1.72. The molecule has 0 unspecified atom stereocenters. The van der Waals surface area contributed by atoms with E-state index in [2.05, 4.69) is 15.5 Å². The molecule has 1 N–H and O–H groups in total. The first kappa shape index (κ1) is 14.5. The number of carbonyl (C=O) groups is 1. The highest BCUT2D eigenvalue weighted by Gasteiger charge is 2.10. The minimum atomic E-state index is -0.0957. The molecule has 0 aliphatic heterocycles. The van der Waals surface area contributed by atoms with Crippen molar-refractivity contribution in [3.05, 3.63) is 58.8 Å². The second kappa shape index (κ2) is 6.53. The molecule has 1 amide bonds. The van der Waals surface area contributed by atoms with Crippen molar-refractivity contribution in [3.8, 4) is 10.7 Å². The molecule has 2 heterocycles. The molecule has 3 rings (SSSR count). The van der Waals surface area contributed by atoms with Gasteiger partial charge in [0.05, 0.1) is 4.88 Å². The molecule has 0 aliphatic carbocycles. The lowest BCUT2D eigenvalue weighted by molar-refractivity contribution is 0.0953. The molecule has 0 atom stereocenters. The van der Waals surface area contributed by atoms with Crippen LogP contribution in [0.3, 0.4) is 0 Å². The van der Waals surface area contributed by atoms with Gasteiger partial charge in [0.25, 0.3) is 5.91 Å². The fourth-order valence-electron chi connectivity index (χ4n) is 2.03. The van der Waals surface area contributed by atoms with Crippen LogP contribution in [0.25, 0.3) is 10.7 Å². The molecular formula is C16H15N3O2S. The highest BCUT2D eigenvalue weighted by Crippen LogP contribution is 2.21. The Bertz CT molecular complexity index is 765. The first-order valence-electron chi connectivity index (χ1n) is 6.94. The van der Waals surface area contributed by atoms with Gasteiger partial charge in [-0.15, -0.1) is 11.3 Å². The standard InChI is InChI=1S/C16H15N3O2S/c1-11-4-2-5-12(10-11)16(20)17-8-7-14-18-15(19-21-14)13-6-3-9-22-13/h2-6,9-10H,7-8H2,1H3,(H,17,20). The van der Waals surface area contributed by atoms with Crippen LogP contribution in [0.2, 0.25) is 0 Å². The third kappa shape index (κ3) is 3.40. The summed E-state index contributed by atoms with van der Waals surface area (Å²) in [6.45, 7) is 2.42. The second-order valence-corrected chi connectivity index (χ2v) is 5.81. The maximum absolute atomic E-state index is 12.0. The van der Waals surface area contributed by atoms with Crippen molar-refractivity contribution in [2.75, 3.05) is 6.54 Å². The maximum Gasteiger partial charge on any atom is 0.251 e. The number of rotatable bonds is 5. The molecule has 0 fully saturated rings.